The van der Waals surface area contributed by atoms with Crippen molar-refractivity contribution >= 4 is 34.3 Å². The molecule has 36 heavy (non-hydrogen) atoms. The van der Waals surface area contributed by atoms with Crippen LogP contribution in [0.4, 0.5) is 0 Å². The van der Waals surface area contributed by atoms with Gasteiger partial charge in [-0.05, 0) is 94.3 Å². The SMILES string of the molecule is CSc1cc2c3c(cc(O)c2cc1Sc1ccccc1)C1(CC(C)(C)CC(C)(C)C1)c1ccccc1-3. The Hall–Kier alpha value is -2.36. The van der Waals surface area contributed by atoms with Crippen molar-refractivity contribution in [2.75, 3.05) is 6.26 Å². The Morgan fingerprint density at radius 2 is 1.33 bits per heavy atom. The molecule has 1 spiro atoms. The zero-order chi connectivity index (χ0) is 25.3. The van der Waals surface area contributed by atoms with Gasteiger partial charge in [-0.25, -0.2) is 0 Å². The van der Waals surface area contributed by atoms with E-state index in [1.165, 1.54) is 48.7 Å². The van der Waals surface area contributed by atoms with E-state index in [1.54, 1.807) is 23.5 Å². The predicted octanol–water partition coefficient (Wildman–Crippen LogP) is 9.92. The van der Waals surface area contributed by atoms with E-state index in [9.17, 15) is 5.11 Å². The molecule has 4 aromatic carbocycles. The van der Waals surface area contributed by atoms with Gasteiger partial charge in [-0.2, -0.15) is 0 Å². The second kappa shape index (κ2) is 8.33. The molecule has 0 aliphatic heterocycles. The number of hydrogen-bond donors (Lipinski definition) is 1. The first-order chi connectivity index (χ1) is 17.1. The minimum atomic E-state index is -0.0696. The van der Waals surface area contributed by atoms with Crippen LogP contribution >= 0.6 is 23.5 Å². The van der Waals surface area contributed by atoms with Crippen molar-refractivity contribution in [2.24, 2.45) is 10.8 Å². The molecule has 6 rings (SSSR count). The molecule has 0 bridgehead atoms. The molecule has 0 unspecified atom stereocenters. The number of fused-ring (bicyclic) bond motifs is 7. The summed E-state index contributed by atoms with van der Waals surface area (Å²) in [7, 11) is 0. The van der Waals surface area contributed by atoms with Crippen LogP contribution in [0, 0.1) is 10.8 Å². The molecule has 1 nitrogen and oxygen atoms in total. The maximum atomic E-state index is 11.5. The van der Waals surface area contributed by atoms with Gasteiger partial charge in [0, 0.05) is 25.5 Å². The normalized spacial score (nSPS) is 18.8. The Kier molecular flexibility index (Phi) is 5.55. The van der Waals surface area contributed by atoms with Crippen molar-refractivity contribution in [1.82, 2.24) is 0 Å². The summed E-state index contributed by atoms with van der Waals surface area (Å²) in [4.78, 5) is 3.66. The number of rotatable bonds is 3. The number of aromatic hydroxyl groups is 1. The molecule has 1 saturated carbocycles. The van der Waals surface area contributed by atoms with E-state index < -0.39 is 0 Å². The monoisotopic (exact) mass is 510 g/mol. The van der Waals surface area contributed by atoms with Crippen LogP contribution in [-0.4, -0.2) is 11.4 Å². The van der Waals surface area contributed by atoms with Gasteiger partial charge in [-0.1, -0.05) is 81.9 Å². The summed E-state index contributed by atoms with van der Waals surface area (Å²) in [6.45, 7) is 9.71. The largest absolute Gasteiger partial charge is 0.507 e. The zero-order valence-corrected chi connectivity index (χ0v) is 23.4. The number of thioether (sulfide) groups is 1. The molecule has 0 radical (unpaired) electrons. The van der Waals surface area contributed by atoms with Gasteiger partial charge in [0.1, 0.15) is 5.75 Å². The minimum absolute atomic E-state index is 0.0696. The number of phenolic OH excluding ortho intramolecular Hbond substituents is 1. The third-order valence-electron chi connectivity index (χ3n) is 8.12. The molecule has 1 fully saturated rings. The number of hydrogen-bond acceptors (Lipinski definition) is 3. The Balaban J connectivity index is 1.63. The van der Waals surface area contributed by atoms with Gasteiger partial charge < -0.3 is 5.11 Å². The number of phenols is 1. The standard InChI is InChI=1S/C33H34OS2/c1-31(2)18-32(3,4)20-33(19-31)25-14-10-9-13-22(25)30-24-16-28(35-5)29(36-21-11-7-6-8-12-21)15-23(24)27(34)17-26(30)33/h6-17,34H,18-20H2,1-5H3. The highest BCUT2D eigenvalue weighted by molar-refractivity contribution is 8.02. The van der Waals surface area contributed by atoms with E-state index >= 15 is 0 Å². The second-order valence-electron chi connectivity index (χ2n) is 12.3. The van der Waals surface area contributed by atoms with Crippen LogP contribution in [0.2, 0.25) is 0 Å². The lowest BCUT2D eigenvalue weighted by atomic mass is 9.52. The van der Waals surface area contributed by atoms with Crippen molar-refractivity contribution in [3.63, 3.8) is 0 Å². The summed E-state index contributed by atoms with van der Waals surface area (Å²) < 4.78 is 0. The number of benzene rings is 4. The van der Waals surface area contributed by atoms with Crippen molar-refractivity contribution < 1.29 is 5.11 Å². The summed E-state index contributed by atoms with van der Waals surface area (Å²) in [5.41, 5.74) is 5.83. The van der Waals surface area contributed by atoms with Crippen LogP contribution < -0.4 is 0 Å². The summed E-state index contributed by atoms with van der Waals surface area (Å²) >= 11 is 3.56. The van der Waals surface area contributed by atoms with Crippen LogP contribution in [0.25, 0.3) is 21.9 Å². The van der Waals surface area contributed by atoms with Gasteiger partial charge in [0.25, 0.3) is 0 Å². The van der Waals surface area contributed by atoms with Crippen LogP contribution in [-0.2, 0) is 5.41 Å². The fourth-order valence-corrected chi connectivity index (χ4v) is 9.45. The average Bonchev–Trinajstić information content (AvgIpc) is 3.06. The van der Waals surface area contributed by atoms with Crippen molar-refractivity contribution in [3.05, 3.63) is 83.9 Å². The van der Waals surface area contributed by atoms with E-state index in [0.717, 1.165) is 18.2 Å². The van der Waals surface area contributed by atoms with Gasteiger partial charge in [0.05, 0.1) is 0 Å². The fourth-order valence-electron chi connectivity index (χ4n) is 7.69. The third-order valence-corrected chi connectivity index (χ3v) is 10.1. The maximum Gasteiger partial charge on any atom is 0.123 e. The summed E-state index contributed by atoms with van der Waals surface area (Å²) in [5, 5.41) is 13.7. The minimum Gasteiger partial charge on any atom is -0.507 e. The van der Waals surface area contributed by atoms with Crippen molar-refractivity contribution in [3.8, 4) is 16.9 Å². The molecular formula is C33H34OS2. The van der Waals surface area contributed by atoms with E-state index in [2.05, 4.69) is 107 Å². The van der Waals surface area contributed by atoms with Crippen LogP contribution in [0.5, 0.6) is 5.75 Å². The lowest BCUT2D eigenvalue weighted by molar-refractivity contribution is 0.0645. The van der Waals surface area contributed by atoms with Crippen molar-refractivity contribution in [2.45, 2.75) is 67.1 Å². The van der Waals surface area contributed by atoms with Gasteiger partial charge in [-0.3, -0.25) is 0 Å². The van der Waals surface area contributed by atoms with Crippen LogP contribution in [0.1, 0.15) is 58.1 Å². The van der Waals surface area contributed by atoms with E-state index in [-0.39, 0.29) is 16.2 Å². The first-order valence-electron chi connectivity index (χ1n) is 12.8. The second-order valence-corrected chi connectivity index (χ2v) is 14.2. The molecule has 1 N–H and O–H groups in total. The van der Waals surface area contributed by atoms with E-state index in [4.69, 9.17) is 0 Å². The lowest BCUT2D eigenvalue weighted by Gasteiger charge is -2.51. The van der Waals surface area contributed by atoms with Crippen LogP contribution in [0.15, 0.2) is 87.5 Å². The molecule has 0 heterocycles. The average molecular weight is 511 g/mol. The molecule has 0 atom stereocenters. The van der Waals surface area contributed by atoms with Gasteiger partial charge in [0.2, 0.25) is 0 Å². The summed E-state index contributed by atoms with van der Waals surface area (Å²) in [6.07, 6.45) is 5.59. The first kappa shape index (κ1) is 24.0. The lowest BCUT2D eigenvalue weighted by Crippen LogP contribution is -2.43. The molecule has 0 amide bonds. The van der Waals surface area contributed by atoms with E-state index in [1.807, 2.05) is 0 Å². The molecular weight excluding hydrogens is 476 g/mol. The highest BCUT2D eigenvalue weighted by atomic mass is 32.2. The quantitative estimate of drug-likeness (QED) is 0.277. The highest BCUT2D eigenvalue weighted by Crippen LogP contribution is 2.65. The molecule has 2 aliphatic carbocycles. The zero-order valence-electron chi connectivity index (χ0n) is 21.8. The van der Waals surface area contributed by atoms with Gasteiger partial charge in [0.15, 0.2) is 0 Å². The molecule has 4 aromatic rings. The first-order valence-corrected chi connectivity index (χ1v) is 14.9. The van der Waals surface area contributed by atoms with Gasteiger partial charge in [-0.15, -0.1) is 11.8 Å². The highest BCUT2D eigenvalue weighted by Gasteiger charge is 2.53. The Morgan fingerprint density at radius 3 is 2.03 bits per heavy atom. The van der Waals surface area contributed by atoms with Crippen molar-refractivity contribution in [1.29, 1.82) is 0 Å². The maximum absolute atomic E-state index is 11.5. The smallest absolute Gasteiger partial charge is 0.123 e. The van der Waals surface area contributed by atoms with Gasteiger partial charge >= 0.3 is 0 Å². The summed E-state index contributed by atoms with van der Waals surface area (Å²) in [6, 6.07) is 26.2. The Morgan fingerprint density at radius 1 is 0.694 bits per heavy atom. The molecule has 3 heteroatoms. The molecule has 2 aliphatic rings. The fraction of sp³-hybridized carbons (Fsp3) is 0.333. The molecule has 0 saturated heterocycles. The topological polar surface area (TPSA) is 20.2 Å². The molecule has 0 aromatic heterocycles. The van der Waals surface area contributed by atoms with Crippen LogP contribution in [0.3, 0.4) is 0 Å². The predicted molar refractivity (Wildman–Crippen MR) is 156 cm³/mol. The molecule has 184 valence electrons. The Bertz CT molecular complexity index is 1470. The Labute approximate surface area is 223 Å². The van der Waals surface area contributed by atoms with E-state index in [0.29, 0.717) is 5.75 Å². The third kappa shape index (κ3) is 3.78. The summed E-state index contributed by atoms with van der Waals surface area (Å²) in [5.74, 6) is 0.402.